The Kier molecular flexibility index (Phi) is 3.62. The summed E-state index contributed by atoms with van der Waals surface area (Å²) in [6.07, 6.45) is 6.20. The fraction of sp³-hybridized carbons (Fsp3) is 0.650. The Morgan fingerprint density at radius 1 is 1.35 bits per heavy atom. The van der Waals surface area contributed by atoms with E-state index in [-0.39, 0.29) is 5.41 Å². The standard InChI is InChI=1S/C20H26O3/c1-3-9-20-10-8-14-15-5-4-13(22-2)11-18(15)23-12-16(14)17(20)6-7-19(20)21/h4-5,11,14,16-17H,3,6-10,12H2,1-2H3/t14-,16+,17+,20+/m1/s1. The van der Waals surface area contributed by atoms with Crippen molar-refractivity contribution >= 4 is 5.78 Å². The molecule has 124 valence electrons. The molecule has 2 fully saturated rings. The van der Waals surface area contributed by atoms with Gasteiger partial charge in [0.25, 0.3) is 0 Å². The average molecular weight is 314 g/mol. The minimum absolute atomic E-state index is 0.0384. The first-order valence-electron chi connectivity index (χ1n) is 9.03. The number of carbonyl (C=O) groups excluding carboxylic acids is 1. The van der Waals surface area contributed by atoms with Crippen molar-refractivity contribution in [3.05, 3.63) is 23.8 Å². The molecule has 0 spiro atoms. The fourth-order valence-electron chi connectivity index (χ4n) is 5.65. The first-order valence-corrected chi connectivity index (χ1v) is 9.03. The van der Waals surface area contributed by atoms with Gasteiger partial charge in [-0.2, -0.15) is 0 Å². The molecule has 0 N–H and O–H groups in total. The normalized spacial score (nSPS) is 35.0. The molecule has 0 aromatic heterocycles. The Morgan fingerprint density at radius 2 is 2.22 bits per heavy atom. The highest BCUT2D eigenvalue weighted by atomic mass is 16.5. The van der Waals surface area contributed by atoms with E-state index in [1.807, 2.05) is 12.1 Å². The summed E-state index contributed by atoms with van der Waals surface area (Å²) in [6.45, 7) is 2.97. The maximum absolute atomic E-state index is 12.7. The summed E-state index contributed by atoms with van der Waals surface area (Å²) in [7, 11) is 1.69. The van der Waals surface area contributed by atoms with Gasteiger partial charge in [0.15, 0.2) is 0 Å². The van der Waals surface area contributed by atoms with Gasteiger partial charge in [-0.05, 0) is 49.1 Å². The van der Waals surface area contributed by atoms with Gasteiger partial charge in [-0.15, -0.1) is 0 Å². The Labute approximate surface area is 138 Å². The summed E-state index contributed by atoms with van der Waals surface area (Å²) < 4.78 is 11.4. The lowest BCUT2D eigenvalue weighted by Gasteiger charge is -2.49. The van der Waals surface area contributed by atoms with Crippen LogP contribution in [0.4, 0.5) is 0 Å². The number of methoxy groups -OCH3 is 1. The number of carbonyl (C=O) groups is 1. The number of rotatable bonds is 3. The van der Waals surface area contributed by atoms with Gasteiger partial charge in [0.1, 0.15) is 17.3 Å². The molecule has 0 amide bonds. The van der Waals surface area contributed by atoms with Crippen LogP contribution in [0.15, 0.2) is 18.2 Å². The first kappa shape index (κ1) is 15.0. The van der Waals surface area contributed by atoms with Crippen LogP contribution in [-0.4, -0.2) is 19.5 Å². The molecule has 23 heavy (non-hydrogen) atoms. The molecule has 0 radical (unpaired) electrons. The Balaban J connectivity index is 1.68. The topological polar surface area (TPSA) is 35.5 Å². The highest BCUT2D eigenvalue weighted by Gasteiger charge is 2.57. The van der Waals surface area contributed by atoms with Crippen molar-refractivity contribution in [2.45, 2.75) is 51.4 Å². The van der Waals surface area contributed by atoms with E-state index in [2.05, 4.69) is 13.0 Å². The predicted octanol–water partition coefficient (Wildman–Crippen LogP) is 4.35. The molecule has 3 aliphatic rings. The zero-order chi connectivity index (χ0) is 16.0. The van der Waals surface area contributed by atoms with Gasteiger partial charge < -0.3 is 9.47 Å². The van der Waals surface area contributed by atoms with Gasteiger partial charge in [-0.25, -0.2) is 0 Å². The summed E-state index contributed by atoms with van der Waals surface area (Å²) in [6, 6.07) is 6.23. The second-order valence-electron chi connectivity index (χ2n) is 7.50. The first-order chi connectivity index (χ1) is 11.2. The summed E-state index contributed by atoms with van der Waals surface area (Å²) in [5.41, 5.74) is 1.29. The maximum atomic E-state index is 12.7. The van der Waals surface area contributed by atoms with Crippen LogP contribution < -0.4 is 9.47 Å². The van der Waals surface area contributed by atoms with Crippen molar-refractivity contribution in [3.63, 3.8) is 0 Å². The number of benzene rings is 1. The lowest BCUT2D eigenvalue weighted by molar-refractivity contribution is -0.131. The largest absolute Gasteiger partial charge is 0.497 e. The summed E-state index contributed by atoms with van der Waals surface area (Å²) in [5, 5.41) is 0. The maximum Gasteiger partial charge on any atom is 0.139 e. The molecule has 4 rings (SSSR count). The van der Waals surface area contributed by atoms with Crippen LogP contribution >= 0.6 is 0 Å². The summed E-state index contributed by atoms with van der Waals surface area (Å²) in [4.78, 5) is 12.7. The molecule has 3 heteroatoms. The minimum Gasteiger partial charge on any atom is -0.497 e. The highest BCUT2D eigenvalue weighted by molar-refractivity contribution is 5.87. The fourth-order valence-corrected chi connectivity index (χ4v) is 5.65. The number of hydrogen-bond donors (Lipinski definition) is 0. The van der Waals surface area contributed by atoms with E-state index in [0.29, 0.717) is 23.5 Å². The molecule has 2 aliphatic carbocycles. The third kappa shape index (κ3) is 2.12. The molecule has 1 aliphatic heterocycles. The van der Waals surface area contributed by atoms with Gasteiger partial charge in [0.2, 0.25) is 0 Å². The van der Waals surface area contributed by atoms with Crippen LogP contribution in [0.5, 0.6) is 11.5 Å². The molecule has 2 saturated carbocycles. The third-order valence-electron chi connectivity index (χ3n) is 6.63. The van der Waals surface area contributed by atoms with E-state index in [4.69, 9.17) is 9.47 Å². The van der Waals surface area contributed by atoms with Gasteiger partial charge in [-0.3, -0.25) is 4.79 Å². The number of Topliss-reactive ketones (excluding diaryl/α,β-unsaturated/α-hetero) is 1. The molecule has 0 unspecified atom stereocenters. The molecular formula is C20H26O3. The van der Waals surface area contributed by atoms with Crippen molar-refractivity contribution in [2.24, 2.45) is 17.3 Å². The Morgan fingerprint density at radius 3 is 3.00 bits per heavy atom. The average Bonchev–Trinajstić information content (AvgIpc) is 2.91. The summed E-state index contributed by atoms with van der Waals surface area (Å²) in [5.74, 6) is 3.94. The van der Waals surface area contributed by atoms with E-state index >= 15 is 0 Å². The lowest BCUT2D eigenvalue weighted by atomic mass is 9.56. The van der Waals surface area contributed by atoms with Crippen LogP contribution in [-0.2, 0) is 4.79 Å². The number of hydrogen-bond acceptors (Lipinski definition) is 3. The third-order valence-corrected chi connectivity index (χ3v) is 6.63. The van der Waals surface area contributed by atoms with Crippen LogP contribution in [0.3, 0.4) is 0 Å². The van der Waals surface area contributed by atoms with Crippen molar-refractivity contribution in [2.75, 3.05) is 13.7 Å². The molecule has 4 atom stereocenters. The predicted molar refractivity (Wildman–Crippen MR) is 89.0 cm³/mol. The molecule has 1 heterocycles. The van der Waals surface area contributed by atoms with E-state index in [0.717, 1.165) is 56.6 Å². The number of fused-ring (bicyclic) bond motifs is 5. The van der Waals surface area contributed by atoms with E-state index in [1.54, 1.807) is 7.11 Å². The molecule has 1 aromatic rings. The van der Waals surface area contributed by atoms with Gasteiger partial charge >= 0.3 is 0 Å². The van der Waals surface area contributed by atoms with Gasteiger partial charge in [-0.1, -0.05) is 19.4 Å². The van der Waals surface area contributed by atoms with E-state index < -0.39 is 0 Å². The van der Waals surface area contributed by atoms with Crippen LogP contribution in [0.25, 0.3) is 0 Å². The second-order valence-corrected chi connectivity index (χ2v) is 7.50. The SMILES string of the molecule is CCC[C@]12CC[C@@H]3c4ccc(OC)cc4OC[C@@H]3[C@@H]1CCC2=O. The van der Waals surface area contributed by atoms with Crippen LogP contribution in [0, 0.1) is 17.3 Å². The van der Waals surface area contributed by atoms with E-state index in [1.165, 1.54) is 5.56 Å². The molecule has 0 saturated heterocycles. The summed E-state index contributed by atoms with van der Waals surface area (Å²) >= 11 is 0. The van der Waals surface area contributed by atoms with Gasteiger partial charge in [0.05, 0.1) is 13.7 Å². The van der Waals surface area contributed by atoms with Crippen molar-refractivity contribution in [1.29, 1.82) is 0 Å². The smallest absolute Gasteiger partial charge is 0.139 e. The quantitative estimate of drug-likeness (QED) is 0.832. The molecule has 3 nitrogen and oxygen atoms in total. The van der Waals surface area contributed by atoms with Crippen molar-refractivity contribution in [1.82, 2.24) is 0 Å². The Hall–Kier alpha value is -1.51. The zero-order valence-electron chi connectivity index (χ0n) is 14.1. The zero-order valence-corrected chi connectivity index (χ0v) is 14.1. The van der Waals surface area contributed by atoms with Crippen molar-refractivity contribution in [3.8, 4) is 11.5 Å². The monoisotopic (exact) mass is 314 g/mol. The van der Waals surface area contributed by atoms with Gasteiger partial charge in [0, 0.05) is 23.8 Å². The lowest BCUT2D eigenvalue weighted by Crippen LogP contribution is -2.46. The Bertz CT molecular complexity index is 623. The highest BCUT2D eigenvalue weighted by Crippen LogP contribution is 2.60. The second kappa shape index (κ2) is 5.54. The van der Waals surface area contributed by atoms with Crippen LogP contribution in [0.2, 0.25) is 0 Å². The van der Waals surface area contributed by atoms with Crippen LogP contribution in [0.1, 0.15) is 56.9 Å². The number of ether oxygens (including phenoxy) is 2. The molecule has 0 bridgehead atoms. The minimum atomic E-state index is -0.0384. The van der Waals surface area contributed by atoms with E-state index in [9.17, 15) is 4.79 Å². The molecular weight excluding hydrogens is 288 g/mol. The number of ketones is 1. The molecule has 1 aromatic carbocycles. The van der Waals surface area contributed by atoms with Crippen molar-refractivity contribution < 1.29 is 14.3 Å².